The van der Waals surface area contributed by atoms with Gasteiger partial charge in [-0.2, -0.15) is 0 Å². The van der Waals surface area contributed by atoms with E-state index in [-0.39, 0.29) is 0 Å². The lowest BCUT2D eigenvalue weighted by atomic mass is 10.2. The topological polar surface area (TPSA) is 89.6 Å². The van der Waals surface area contributed by atoms with Crippen LogP contribution < -0.4 is 11.1 Å². The van der Waals surface area contributed by atoms with Crippen molar-refractivity contribution >= 4 is 52.0 Å². The summed E-state index contributed by atoms with van der Waals surface area (Å²) >= 11 is 16.6. The molecule has 0 saturated heterocycles. The van der Waals surface area contributed by atoms with Crippen molar-refractivity contribution in [2.75, 3.05) is 11.1 Å². The van der Waals surface area contributed by atoms with Gasteiger partial charge in [-0.3, -0.25) is 0 Å². The van der Waals surface area contributed by atoms with Crippen LogP contribution in [0.1, 0.15) is 11.1 Å². The maximum Gasteiger partial charge on any atom is 0.135 e. The number of aromatic nitrogens is 4. The lowest BCUT2D eigenvalue weighted by Crippen LogP contribution is -1.94. The molecule has 0 unspecified atom stereocenters. The number of nitrogens with two attached hydrogens (primary N) is 1. The summed E-state index contributed by atoms with van der Waals surface area (Å²) in [5.74, 6) is 0.695. The van der Waals surface area contributed by atoms with Crippen molar-refractivity contribution in [3.05, 3.63) is 99.9 Å². The van der Waals surface area contributed by atoms with Gasteiger partial charge in [0.1, 0.15) is 33.9 Å². The first kappa shape index (κ1) is 24.3. The van der Waals surface area contributed by atoms with Crippen LogP contribution in [0.3, 0.4) is 0 Å². The Hall–Kier alpha value is -2.93. The van der Waals surface area contributed by atoms with Crippen LogP contribution in [0.15, 0.2) is 73.3 Å². The van der Waals surface area contributed by atoms with Crippen LogP contribution in [0.4, 0.5) is 17.2 Å². The lowest BCUT2D eigenvalue weighted by molar-refractivity contribution is 1.17. The second-order valence-corrected chi connectivity index (χ2v) is 7.46. The Morgan fingerprint density at radius 2 is 1.23 bits per heavy atom. The Labute approximate surface area is 196 Å². The SMILES string of the molecule is Cc1cccc(N)c1.Cc1cccc(Nc2cc(Cl)ncn2)c1.Clc1cc(Cl)ncn1. The zero-order valence-electron chi connectivity index (χ0n) is 16.9. The second-order valence-electron chi connectivity index (χ2n) is 6.30. The molecule has 0 radical (unpaired) electrons. The highest BCUT2D eigenvalue weighted by molar-refractivity contribution is 6.33. The number of anilines is 3. The van der Waals surface area contributed by atoms with Gasteiger partial charge >= 0.3 is 0 Å². The van der Waals surface area contributed by atoms with Crippen LogP contribution in [-0.4, -0.2) is 19.9 Å². The monoisotopic (exact) mass is 474 g/mol. The Kier molecular flexibility index (Phi) is 9.97. The predicted molar refractivity (Wildman–Crippen MR) is 129 cm³/mol. The quantitative estimate of drug-likeness (QED) is 0.252. The Morgan fingerprint density at radius 1 is 0.677 bits per heavy atom. The van der Waals surface area contributed by atoms with Crippen molar-refractivity contribution in [1.29, 1.82) is 0 Å². The summed E-state index contributed by atoms with van der Waals surface area (Å²) in [6.45, 7) is 4.06. The molecule has 2 aromatic carbocycles. The number of nitrogens with one attached hydrogen (secondary N) is 1. The van der Waals surface area contributed by atoms with E-state index in [0.29, 0.717) is 21.3 Å². The van der Waals surface area contributed by atoms with Crippen molar-refractivity contribution in [1.82, 2.24) is 19.9 Å². The van der Waals surface area contributed by atoms with E-state index in [4.69, 9.17) is 40.5 Å². The molecule has 0 fully saturated rings. The molecule has 0 aliphatic carbocycles. The van der Waals surface area contributed by atoms with E-state index in [0.717, 1.165) is 11.4 Å². The van der Waals surface area contributed by atoms with Crippen LogP contribution >= 0.6 is 34.8 Å². The fourth-order valence-electron chi connectivity index (χ4n) is 2.25. The fraction of sp³-hybridized carbons (Fsp3) is 0.0909. The highest BCUT2D eigenvalue weighted by atomic mass is 35.5. The highest BCUT2D eigenvalue weighted by Crippen LogP contribution is 2.17. The molecule has 31 heavy (non-hydrogen) atoms. The maximum absolute atomic E-state index is 5.75. The number of nitrogens with zero attached hydrogens (tertiary/aromatic N) is 4. The average Bonchev–Trinajstić information content (AvgIpc) is 2.69. The molecule has 3 N–H and O–H groups in total. The van der Waals surface area contributed by atoms with Gasteiger partial charge in [0.2, 0.25) is 0 Å². The summed E-state index contributed by atoms with van der Waals surface area (Å²) in [6, 6.07) is 19.0. The molecule has 4 aromatic rings. The van der Waals surface area contributed by atoms with E-state index in [9.17, 15) is 0 Å². The minimum atomic E-state index is 0.366. The first-order valence-electron chi connectivity index (χ1n) is 9.08. The molecule has 0 spiro atoms. The molecule has 4 rings (SSSR count). The lowest BCUT2D eigenvalue weighted by Gasteiger charge is -2.05. The molecule has 9 heteroatoms. The number of aryl methyl sites for hydroxylation is 2. The molecule has 160 valence electrons. The molecular weight excluding hydrogens is 455 g/mol. The minimum Gasteiger partial charge on any atom is -0.399 e. The Morgan fingerprint density at radius 3 is 1.68 bits per heavy atom. The molecule has 0 atom stereocenters. The fourth-order valence-corrected chi connectivity index (χ4v) is 2.75. The summed E-state index contributed by atoms with van der Waals surface area (Å²) in [4.78, 5) is 15.1. The third-order valence-corrected chi connectivity index (χ3v) is 4.19. The van der Waals surface area contributed by atoms with Gasteiger partial charge in [-0.1, -0.05) is 59.1 Å². The van der Waals surface area contributed by atoms with Crippen LogP contribution in [0.25, 0.3) is 0 Å². The number of halogens is 3. The first-order chi connectivity index (χ1) is 14.8. The van der Waals surface area contributed by atoms with Gasteiger partial charge in [0.05, 0.1) is 0 Å². The number of nitrogen functional groups attached to an aromatic ring is 1. The number of hydrogen-bond acceptors (Lipinski definition) is 6. The molecule has 2 aromatic heterocycles. The van der Waals surface area contributed by atoms with Crippen LogP contribution in [0.2, 0.25) is 15.5 Å². The molecule has 0 amide bonds. The summed E-state index contributed by atoms with van der Waals surface area (Å²) in [5.41, 5.74) is 9.69. The van der Waals surface area contributed by atoms with Gasteiger partial charge in [0.25, 0.3) is 0 Å². The predicted octanol–water partition coefficient (Wildman–Crippen LogP) is 6.54. The number of hydrogen-bond donors (Lipinski definition) is 2. The van der Waals surface area contributed by atoms with E-state index in [1.165, 1.54) is 29.8 Å². The zero-order chi connectivity index (χ0) is 22.6. The molecular formula is C22H21Cl3N6. The minimum absolute atomic E-state index is 0.366. The van der Waals surface area contributed by atoms with Crippen LogP contribution in [0.5, 0.6) is 0 Å². The van der Waals surface area contributed by atoms with Crippen LogP contribution in [-0.2, 0) is 0 Å². The molecule has 0 aliphatic rings. The Bertz CT molecular complexity index is 986. The zero-order valence-corrected chi connectivity index (χ0v) is 19.2. The maximum atomic E-state index is 5.75. The van der Waals surface area contributed by atoms with E-state index >= 15 is 0 Å². The van der Waals surface area contributed by atoms with Gasteiger partial charge in [-0.25, -0.2) is 19.9 Å². The van der Waals surface area contributed by atoms with Gasteiger partial charge in [0.15, 0.2) is 0 Å². The summed E-state index contributed by atoms with van der Waals surface area (Å²) in [6.07, 6.45) is 2.74. The van der Waals surface area contributed by atoms with Crippen molar-refractivity contribution in [3.8, 4) is 0 Å². The summed E-state index contributed by atoms with van der Waals surface area (Å²) in [7, 11) is 0. The van der Waals surface area contributed by atoms with Crippen molar-refractivity contribution in [3.63, 3.8) is 0 Å². The van der Waals surface area contributed by atoms with Gasteiger partial charge in [-0.05, 0) is 49.2 Å². The standard InChI is InChI=1S/C11H10ClN3.C7H9N.C4H2Cl2N2/c1-8-3-2-4-9(5-8)15-11-6-10(12)13-7-14-11;1-6-3-2-4-7(8)5-6;5-3-1-4(6)8-2-7-3/h2-7H,1H3,(H,13,14,15);2-5H,8H2,1H3;1-2H. The van der Waals surface area contributed by atoms with Gasteiger partial charge < -0.3 is 11.1 Å². The first-order valence-corrected chi connectivity index (χ1v) is 10.2. The van der Waals surface area contributed by atoms with E-state index in [1.807, 2.05) is 62.4 Å². The van der Waals surface area contributed by atoms with E-state index in [1.54, 1.807) is 6.07 Å². The van der Waals surface area contributed by atoms with Crippen molar-refractivity contribution < 1.29 is 0 Å². The van der Waals surface area contributed by atoms with E-state index in [2.05, 4.69) is 25.3 Å². The smallest absolute Gasteiger partial charge is 0.135 e. The number of benzene rings is 2. The second kappa shape index (κ2) is 12.7. The van der Waals surface area contributed by atoms with Gasteiger partial charge in [-0.15, -0.1) is 0 Å². The number of rotatable bonds is 2. The van der Waals surface area contributed by atoms with Crippen molar-refractivity contribution in [2.45, 2.75) is 13.8 Å². The van der Waals surface area contributed by atoms with Gasteiger partial charge in [0, 0.05) is 23.5 Å². The third kappa shape index (κ3) is 10.1. The normalized spacial score (nSPS) is 9.58. The highest BCUT2D eigenvalue weighted by Gasteiger charge is 1.97. The third-order valence-electron chi connectivity index (χ3n) is 3.57. The molecule has 0 bridgehead atoms. The largest absolute Gasteiger partial charge is 0.399 e. The Balaban J connectivity index is 0.000000181. The average molecular weight is 476 g/mol. The van der Waals surface area contributed by atoms with E-state index < -0.39 is 0 Å². The van der Waals surface area contributed by atoms with Crippen LogP contribution in [0, 0.1) is 13.8 Å². The molecule has 0 saturated carbocycles. The summed E-state index contributed by atoms with van der Waals surface area (Å²) in [5, 5.41) is 4.31. The van der Waals surface area contributed by atoms with Crippen molar-refractivity contribution in [2.24, 2.45) is 0 Å². The summed E-state index contributed by atoms with van der Waals surface area (Å²) < 4.78 is 0. The molecule has 2 heterocycles. The molecule has 6 nitrogen and oxygen atoms in total. The molecule has 0 aliphatic heterocycles.